The van der Waals surface area contributed by atoms with Crippen LogP contribution in [0.2, 0.25) is 0 Å². The van der Waals surface area contributed by atoms with Crippen molar-refractivity contribution in [2.24, 2.45) is 11.8 Å². The molecule has 0 unspecified atom stereocenters. The van der Waals surface area contributed by atoms with E-state index in [1.165, 1.54) is 6.42 Å². The molecular formula is C17H28N4O2. The maximum atomic E-state index is 13.0. The molecular weight excluding hydrogens is 292 g/mol. The normalized spacial score (nSPS) is 38.0. The van der Waals surface area contributed by atoms with E-state index in [2.05, 4.69) is 15.5 Å². The minimum atomic E-state index is 0.167. The predicted octanol–water partition coefficient (Wildman–Crippen LogP) is -0.203. The summed E-state index contributed by atoms with van der Waals surface area (Å²) in [5.74, 6) is 1.37. The van der Waals surface area contributed by atoms with Crippen LogP contribution >= 0.6 is 0 Å². The molecule has 5 fully saturated rings. The lowest BCUT2D eigenvalue weighted by molar-refractivity contribution is -0.145. The van der Waals surface area contributed by atoms with Crippen LogP contribution in [0.15, 0.2) is 0 Å². The number of fused-ring (bicyclic) bond motifs is 3. The van der Waals surface area contributed by atoms with Crippen molar-refractivity contribution in [2.45, 2.75) is 44.2 Å². The van der Waals surface area contributed by atoms with E-state index in [9.17, 15) is 9.59 Å². The van der Waals surface area contributed by atoms with Crippen LogP contribution in [0, 0.1) is 11.8 Å². The molecule has 1 saturated carbocycles. The average molecular weight is 320 g/mol. The second-order valence-electron chi connectivity index (χ2n) is 7.64. The van der Waals surface area contributed by atoms with Crippen LogP contribution in [0.4, 0.5) is 0 Å². The molecule has 1 aliphatic carbocycles. The van der Waals surface area contributed by atoms with Crippen LogP contribution in [0.3, 0.4) is 0 Å². The number of hydrogen-bond donors (Lipinski definition) is 2. The predicted molar refractivity (Wildman–Crippen MR) is 86.8 cm³/mol. The van der Waals surface area contributed by atoms with Crippen LogP contribution < -0.4 is 10.6 Å². The first-order valence-electron chi connectivity index (χ1n) is 9.24. The fraction of sp³-hybridized carbons (Fsp3) is 0.882. The summed E-state index contributed by atoms with van der Waals surface area (Å²) in [7, 11) is 0. The fourth-order valence-corrected chi connectivity index (χ4v) is 4.93. The van der Waals surface area contributed by atoms with Gasteiger partial charge in [-0.3, -0.25) is 9.59 Å². The lowest BCUT2D eigenvalue weighted by Gasteiger charge is -2.46. The molecule has 128 valence electrons. The molecule has 5 aliphatic rings. The summed E-state index contributed by atoms with van der Waals surface area (Å²) in [4.78, 5) is 29.2. The second-order valence-corrected chi connectivity index (χ2v) is 7.64. The maximum absolute atomic E-state index is 13.0. The van der Waals surface area contributed by atoms with Crippen molar-refractivity contribution in [3.8, 4) is 0 Å². The average Bonchev–Trinajstić information content (AvgIpc) is 2.62. The molecule has 4 heterocycles. The first-order chi connectivity index (χ1) is 11.2. The van der Waals surface area contributed by atoms with Gasteiger partial charge in [0.1, 0.15) is 0 Å². The van der Waals surface area contributed by atoms with Gasteiger partial charge in [-0.25, -0.2) is 0 Å². The molecule has 4 saturated heterocycles. The highest BCUT2D eigenvalue weighted by atomic mass is 16.2. The van der Waals surface area contributed by atoms with Gasteiger partial charge in [0, 0.05) is 38.3 Å². The lowest BCUT2D eigenvalue weighted by atomic mass is 9.73. The molecule has 0 aromatic carbocycles. The van der Waals surface area contributed by atoms with Crippen molar-refractivity contribution in [1.82, 2.24) is 20.4 Å². The monoisotopic (exact) mass is 320 g/mol. The standard InChI is InChI=1S/C17H28N4O2/c22-16-10-18-5-7-21(16)13-2-1-6-20(11-13)17(23)14-8-12-3-4-15(14)19-9-12/h12-15,18-19H,1-11H2/t12-,13+,14-,15-/m1/s1. The van der Waals surface area contributed by atoms with Crippen LogP contribution in [0.25, 0.3) is 0 Å². The van der Waals surface area contributed by atoms with Crippen LogP contribution in [0.1, 0.15) is 32.1 Å². The van der Waals surface area contributed by atoms with Crippen molar-refractivity contribution in [3.05, 3.63) is 0 Å². The molecule has 2 bridgehead atoms. The zero-order valence-electron chi connectivity index (χ0n) is 13.8. The molecule has 4 aliphatic heterocycles. The van der Waals surface area contributed by atoms with Gasteiger partial charge in [-0.2, -0.15) is 0 Å². The number of carbonyl (C=O) groups is 2. The Hall–Kier alpha value is -1.14. The molecule has 6 nitrogen and oxygen atoms in total. The highest BCUT2D eigenvalue weighted by Gasteiger charge is 2.42. The summed E-state index contributed by atoms with van der Waals surface area (Å²) in [5.41, 5.74) is 0. The molecule has 4 atom stereocenters. The van der Waals surface area contributed by atoms with E-state index in [1.54, 1.807) is 0 Å². The van der Waals surface area contributed by atoms with E-state index >= 15 is 0 Å². The lowest BCUT2D eigenvalue weighted by Crippen LogP contribution is -2.60. The SMILES string of the molecule is O=C([C@@H]1C[C@H]2CC[C@H]1NC2)N1CCC[C@H](N2CCNCC2=O)C1. The van der Waals surface area contributed by atoms with Crippen LogP contribution in [-0.4, -0.2) is 73.0 Å². The van der Waals surface area contributed by atoms with E-state index in [-0.39, 0.29) is 17.9 Å². The number of piperazine rings is 1. The first kappa shape index (κ1) is 15.4. The third kappa shape index (κ3) is 2.98. The van der Waals surface area contributed by atoms with Gasteiger partial charge >= 0.3 is 0 Å². The van der Waals surface area contributed by atoms with E-state index in [0.29, 0.717) is 24.4 Å². The highest BCUT2D eigenvalue weighted by molar-refractivity contribution is 5.81. The van der Waals surface area contributed by atoms with Crippen LogP contribution in [0.5, 0.6) is 0 Å². The quantitative estimate of drug-likeness (QED) is 0.739. The Kier molecular flexibility index (Phi) is 4.28. The van der Waals surface area contributed by atoms with E-state index < -0.39 is 0 Å². The number of nitrogens with one attached hydrogen (secondary N) is 2. The largest absolute Gasteiger partial charge is 0.340 e. The fourth-order valence-electron chi connectivity index (χ4n) is 4.93. The zero-order chi connectivity index (χ0) is 15.8. The van der Waals surface area contributed by atoms with E-state index in [0.717, 1.165) is 58.4 Å². The van der Waals surface area contributed by atoms with Crippen LogP contribution in [-0.2, 0) is 9.59 Å². The van der Waals surface area contributed by atoms with Gasteiger partial charge in [-0.1, -0.05) is 0 Å². The molecule has 0 spiro atoms. The highest BCUT2D eigenvalue weighted by Crippen LogP contribution is 2.35. The van der Waals surface area contributed by atoms with Gasteiger partial charge in [0.05, 0.1) is 12.5 Å². The first-order valence-corrected chi connectivity index (χ1v) is 9.24. The maximum Gasteiger partial charge on any atom is 0.236 e. The Balaban J connectivity index is 1.40. The molecule has 0 aromatic heterocycles. The van der Waals surface area contributed by atoms with Gasteiger partial charge in [0.15, 0.2) is 0 Å². The number of piperidine rings is 3. The van der Waals surface area contributed by atoms with Crippen molar-refractivity contribution < 1.29 is 9.59 Å². The number of hydrogen-bond acceptors (Lipinski definition) is 4. The molecule has 0 radical (unpaired) electrons. The van der Waals surface area contributed by atoms with Gasteiger partial charge in [-0.15, -0.1) is 0 Å². The number of amides is 2. The third-order valence-electron chi connectivity index (χ3n) is 6.22. The topological polar surface area (TPSA) is 64.7 Å². The molecule has 2 amide bonds. The minimum Gasteiger partial charge on any atom is -0.340 e. The van der Waals surface area contributed by atoms with Crippen molar-refractivity contribution in [1.29, 1.82) is 0 Å². The molecule has 6 heteroatoms. The Bertz CT molecular complexity index is 475. The Morgan fingerprint density at radius 1 is 1.17 bits per heavy atom. The zero-order valence-corrected chi connectivity index (χ0v) is 13.8. The molecule has 2 N–H and O–H groups in total. The summed E-state index contributed by atoms with van der Waals surface area (Å²) >= 11 is 0. The Morgan fingerprint density at radius 3 is 2.78 bits per heavy atom. The van der Waals surface area contributed by atoms with E-state index in [4.69, 9.17) is 0 Å². The van der Waals surface area contributed by atoms with Gasteiger partial charge in [0.2, 0.25) is 11.8 Å². The smallest absolute Gasteiger partial charge is 0.236 e. The molecule has 23 heavy (non-hydrogen) atoms. The summed E-state index contributed by atoms with van der Waals surface area (Å²) in [6.07, 6.45) is 5.53. The third-order valence-corrected chi connectivity index (χ3v) is 6.22. The number of carbonyl (C=O) groups excluding carboxylic acids is 2. The van der Waals surface area contributed by atoms with Gasteiger partial charge in [-0.05, 0) is 44.6 Å². The Morgan fingerprint density at radius 2 is 2.09 bits per heavy atom. The minimum absolute atomic E-state index is 0.167. The van der Waals surface area contributed by atoms with Gasteiger partial charge in [0.25, 0.3) is 0 Å². The number of nitrogens with zero attached hydrogens (tertiary/aromatic N) is 2. The van der Waals surface area contributed by atoms with Crippen molar-refractivity contribution in [3.63, 3.8) is 0 Å². The summed E-state index contributed by atoms with van der Waals surface area (Å²) in [5, 5.41) is 6.68. The molecule has 5 rings (SSSR count). The summed E-state index contributed by atoms with van der Waals surface area (Å²) < 4.78 is 0. The number of likely N-dealkylation sites (tertiary alicyclic amines) is 1. The summed E-state index contributed by atoms with van der Waals surface area (Å²) in [6, 6.07) is 0.602. The second kappa shape index (κ2) is 6.40. The summed E-state index contributed by atoms with van der Waals surface area (Å²) in [6.45, 7) is 4.78. The van der Waals surface area contributed by atoms with Gasteiger partial charge < -0.3 is 20.4 Å². The molecule has 0 aromatic rings. The number of rotatable bonds is 2. The Labute approximate surface area is 137 Å². The van der Waals surface area contributed by atoms with Crippen molar-refractivity contribution in [2.75, 3.05) is 39.3 Å². The van der Waals surface area contributed by atoms with E-state index in [1.807, 2.05) is 4.90 Å². The van der Waals surface area contributed by atoms with Crippen molar-refractivity contribution >= 4 is 11.8 Å².